The van der Waals surface area contributed by atoms with Gasteiger partial charge in [0.1, 0.15) is 11.4 Å². The molecule has 1 amide bonds. The summed E-state index contributed by atoms with van der Waals surface area (Å²) < 4.78 is 26.1. The Labute approximate surface area is 208 Å². The van der Waals surface area contributed by atoms with Gasteiger partial charge in [-0.2, -0.15) is 0 Å². The molecule has 0 N–H and O–H groups in total. The number of imidazole rings is 1. The molecule has 0 spiro atoms. The summed E-state index contributed by atoms with van der Waals surface area (Å²) in [4.78, 5) is 33.1. The fraction of sp³-hybridized carbons (Fsp3) is 0.400. The van der Waals surface area contributed by atoms with Crippen LogP contribution in [0.1, 0.15) is 36.7 Å². The molecule has 4 rings (SSSR count). The van der Waals surface area contributed by atoms with Gasteiger partial charge in [0.15, 0.2) is 0 Å². The SMILES string of the molecule is COC(=O)c1ccc2c(c1)nc(N1CCN(C(=O)OC(C)(C)C)CC1)n2Cc1ccc(F)c(Cl)c1. The van der Waals surface area contributed by atoms with Gasteiger partial charge in [-0.15, -0.1) is 0 Å². The van der Waals surface area contributed by atoms with Crippen molar-refractivity contribution in [1.29, 1.82) is 0 Å². The number of fused-ring (bicyclic) bond motifs is 1. The Bertz CT molecular complexity index is 1260. The molecule has 35 heavy (non-hydrogen) atoms. The molecule has 0 bridgehead atoms. The van der Waals surface area contributed by atoms with Crippen LogP contribution in [0.5, 0.6) is 0 Å². The lowest BCUT2D eigenvalue weighted by molar-refractivity contribution is 0.0239. The number of rotatable bonds is 4. The Kier molecular flexibility index (Phi) is 6.89. The summed E-state index contributed by atoms with van der Waals surface area (Å²) in [6, 6.07) is 9.81. The van der Waals surface area contributed by atoms with Crippen molar-refractivity contribution in [2.75, 3.05) is 38.2 Å². The molecule has 0 aliphatic carbocycles. The summed E-state index contributed by atoms with van der Waals surface area (Å²) in [6.07, 6.45) is -0.339. The Morgan fingerprint density at radius 2 is 1.80 bits per heavy atom. The summed E-state index contributed by atoms with van der Waals surface area (Å²) in [5.74, 6) is -0.238. The molecule has 0 atom stereocenters. The van der Waals surface area contributed by atoms with Gasteiger partial charge in [-0.25, -0.2) is 19.0 Å². The van der Waals surface area contributed by atoms with Crippen LogP contribution in [0.25, 0.3) is 11.0 Å². The van der Waals surface area contributed by atoms with Crippen molar-refractivity contribution in [3.63, 3.8) is 0 Å². The zero-order valence-corrected chi connectivity index (χ0v) is 20.9. The summed E-state index contributed by atoms with van der Waals surface area (Å²) in [7, 11) is 1.33. The van der Waals surface area contributed by atoms with Crippen LogP contribution >= 0.6 is 11.6 Å². The Morgan fingerprint density at radius 1 is 1.09 bits per heavy atom. The van der Waals surface area contributed by atoms with Gasteiger partial charge in [0.2, 0.25) is 5.95 Å². The van der Waals surface area contributed by atoms with Crippen LogP contribution in [0.4, 0.5) is 15.1 Å². The molecule has 1 saturated heterocycles. The smallest absolute Gasteiger partial charge is 0.410 e. The molecule has 1 aromatic heterocycles. The minimum absolute atomic E-state index is 0.0485. The third kappa shape index (κ3) is 5.51. The zero-order valence-electron chi connectivity index (χ0n) is 20.2. The Morgan fingerprint density at radius 3 is 2.43 bits per heavy atom. The fourth-order valence-electron chi connectivity index (χ4n) is 4.00. The van der Waals surface area contributed by atoms with Gasteiger partial charge in [0.25, 0.3) is 0 Å². The van der Waals surface area contributed by atoms with Gasteiger partial charge < -0.3 is 23.8 Å². The highest BCUT2D eigenvalue weighted by Gasteiger charge is 2.28. The standard InChI is InChI=1S/C25H28ClFN4O4/c1-25(2,3)35-24(33)30-11-9-29(10-12-30)23-28-20-14-17(22(32)34-4)6-8-21(20)31(23)15-16-5-7-19(27)18(26)13-16/h5-8,13-14H,9-12,15H2,1-4H3. The van der Waals surface area contributed by atoms with E-state index >= 15 is 0 Å². The molecule has 1 fully saturated rings. The molecule has 0 radical (unpaired) electrons. The van der Waals surface area contributed by atoms with E-state index in [-0.39, 0.29) is 11.1 Å². The monoisotopic (exact) mass is 502 g/mol. The Hall–Kier alpha value is -3.33. The number of hydrogen-bond acceptors (Lipinski definition) is 6. The first-order chi connectivity index (χ1) is 16.6. The predicted molar refractivity (Wildman–Crippen MR) is 132 cm³/mol. The van der Waals surface area contributed by atoms with Gasteiger partial charge >= 0.3 is 12.1 Å². The first-order valence-corrected chi connectivity index (χ1v) is 11.7. The van der Waals surface area contributed by atoms with Crippen molar-refractivity contribution in [3.05, 3.63) is 58.4 Å². The number of methoxy groups -OCH3 is 1. The van der Waals surface area contributed by atoms with Crippen LogP contribution in [0.2, 0.25) is 5.02 Å². The van der Waals surface area contributed by atoms with Gasteiger partial charge in [-0.3, -0.25) is 0 Å². The van der Waals surface area contributed by atoms with E-state index in [9.17, 15) is 14.0 Å². The number of ether oxygens (including phenoxy) is 2. The average molecular weight is 503 g/mol. The maximum Gasteiger partial charge on any atom is 0.410 e. The molecule has 186 valence electrons. The first-order valence-electron chi connectivity index (χ1n) is 11.3. The second-order valence-corrected chi connectivity index (χ2v) is 9.80. The third-order valence-electron chi connectivity index (χ3n) is 5.69. The number of halogens is 2. The molecule has 1 aliphatic heterocycles. The number of carbonyl (C=O) groups excluding carboxylic acids is 2. The van der Waals surface area contributed by atoms with Crippen LogP contribution < -0.4 is 4.90 Å². The molecule has 1 aliphatic rings. The summed E-state index contributed by atoms with van der Waals surface area (Å²) >= 11 is 6.01. The number of amides is 1. The highest BCUT2D eigenvalue weighted by Crippen LogP contribution is 2.27. The lowest BCUT2D eigenvalue weighted by atomic mass is 10.2. The molecular formula is C25H28ClFN4O4. The van der Waals surface area contributed by atoms with Crippen molar-refractivity contribution in [3.8, 4) is 0 Å². The van der Waals surface area contributed by atoms with Crippen LogP contribution in [0.3, 0.4) is 0 Å². The van der Waals surface area contributed by atoms with Crippen molar-refractivity contribution in [2.24, 2.45) is 0 Å². The number of piperazine rings is 1. The van der Waals surface area contributed by atoms with E-state index in [1.807, 2.05) is 31.4 Å². The van der Waals surface area contributed by atoms with Gasteiger partial charge in [-0.05, 0) is 56.7 Å². The summed E-state index contributed by atoms with van der Waals surface area (Å²) in [6.45, 7) is 7.99. The number of esters is 1. The molecule has 2 aromatic carbocycles. The van der Waals surface area contributed by atoms with Gasteiger partial charge in [0.05, 0.1) is 35.3 Å². The highest BCUT2D eigenvalue weighted by atomic mass is 35.5. The maximum atomic E-state index is 13.7. The van der Waals surface area contributed by atoms with E-state index in [0.717, 1.165) is 11.1 Å². The van der Waals surface area contributed by atoms with E-state index in [1.165, 1.54) is 13.2 Å². The lowest BCUT2D eigenvalue weighted by Crippen LogP contribution is -2.50. The molecule has 0 unspecified atom stereocenters. The van der Waals surface area contributed by atoms with Crippen LogP contribution in [-0.4, -0.2) is 65.4 Å². The quantitative estimate of drug-likeness (QED) is 0.480. The maximum absolute atomic E-state index is 13.7. The topological polar surface area (TPSA) is 76.9 Å². The molecule has 10 heteroatoms. The molecular weight excluding hydrogens is 475 g/mol. The normalized spacial score (nSPS) is 14.3. The largest absolute Gasteiger partial charge is 0.465 e. The number of aromatic nitrogens is 2. The molecule has 3 aromatic rings. The van der Waals surface area contributed by atoms with E-state index < -0.39 is 17.4 Å². The first kappa shape index (κ1) is 24.8. The van der Waals surface area contributed by atoms with Gasteiger partial charge in [0, 0.05) is 26.2 Å². The lowest BCUT2D eigenvalue weighted by Gasteiger charge is -2.36. The number of benzene rings is 2. The number of anilines is 1. The van der Waals surface area contributed by atoms with Crippen molar-refractivity contribution in [2.45, 2.75) is 32.9 Å². The number of carbonyl (C=O) groups is 2. The van der Waals surface area contributed by atoms with Gasteiger partial charge in [-0.1, -0.05) is 17.7 Å². The van der Waals surface area contributed by atoms with E-state index in [4.69, 9.17) is 26.1 Å². The van der Waals surface area contributed by atoms with E-state index in [1.54, 1.807) is 29.2 Å². The van der Waals surface area contributed by atoms with Crippen LogP contribution in [0, 0.1) is 5.82 Å². The third-order valence-corrected chi connectivity index (χ3v) is 5.98. The minimum atomic E-state index is -0.560. The minimum Gasteiger partial charge on any atom is -0.465 e. The number of hydrogen-bond donors (Lipinski definition) is 0. The van der Waals surface area contributed by atoms with Crippen molar-refractivity contribution in [1.82, 2.24) is 14.5 Å². The summed E-state index contributed by atoms with van der Waals surface area (Å²) in [5, 5.41) is 0.0485. The second-order valence-electron chi connectivity index (χ2n) is 9.40. The molecule has 0 saturated carbocycles. The molecule has 8 nitrogen and oxygen atoms in total. The zero-order chi connectivity index (χ0) is 25.3. The number of nitrogens with zero attached hydrogens (tertiary/aromatic N) is 4. The average Bonchev–Trinajstić information content (AvgIpc) is 3.17. The van der Waals surface area contributed by atoms with Crippen LogP contribution in [0.15, 0.2) is 36.4 Å². The van der Waals surface area contributed by atoms with Crippen molar-refractivity contribution >= 4 is 40.6 Å². The van der Waals surface area contributed by atoms with Crippen LogP contribution in [-0.2, 0) is 16.0 Å². The summed E-state index contributed by atoms with van der Waals surface area (Å²) in [5.41, 5.74) is 2.08. The van der Waals surface area contributed by atoms with Crippen molar-refractivity contribution < 1.29 is 23.5 Å². The Balaban J connectivity index is 1.65. The fourth-order valence-corrected chi connectivity index (χ4v) is 4.20. The second kappa shape index (κ2) is 9.73. The predicted octanol–water partition coefficient (Wildman–Crippen LogP) is 4.72. The van der Waals surface area contributed by atoms with E-state index in [0.29, 0.717) is 49.8 Å². The highest BCUT2D eigenvalue weighted by molar-refractivity contribution is 6.30. The molecule has 2 heterocycles. The van der Waals surface area contributed by atoms with E-state index in [2.05, 4.69) is 4.90 Å².